The van der Waals surface area contributed by atoms with Crippen molar-refractivity contribution in [2.75, 3.05) is 5.32 Å². The number of para-hydroxylation sites is 1. The zero-order chi connectivity index (χ0) is 14.4. The van der Waals surface area contributed by atoms with Gasteiger partial charge in [-0.1, -0.05) is 39.0 Å². The van der Waals surface area contributed by atoms with Crippen LogP contribution in [0.15, 0.2) is 35.3 Å². The first-order valence-electron chi connectivity index (χ1n) is 7.57. The topological polar surface area (TPSA) is 50.4 Å². The van der Waals surface area contributed by atoms with Gasteiger partial charge in [0.1, 0.15) is 0 Å². The number of fused-ring (bicyclic) bond motifs is 2. The third kappa shape index (κ3) is 2.09. The van der Waals surface area contributed by atoms with E-state index >= 15 is 0 Å². The van der Waals surface area contributed by atoms with E-state index in [9.17, 15) is 0 Å². The van der Waals surface area contributed by atoms with E-state index in [1.807, 2.05) is 30.3 Å². The zero-order valence-corrected chi connectivity index (χ0v) is 12.7. The molecule has 2 aliphatic carbocycles. The van der Waals surface area contributed by atoms with Crippen molar-refractivity contribution < 1.29 is 0 Å². The van der Waals surface area contributed by atoms with Crippen LogP contribution in [-0.2, 0) is 0 Å². The smallest absolute Gasteiger partial charge is 0.193 e. The maximum Gasteiger partial charge on any atom is 0.193 e. The Morgan fingerprint density at radius 3 is 2.55 bits per heavy atom. The average Bonchev–Trinajstić information content (AvgIpc) is 2.87. The summed E-state index contributed by atoms with van der Waals surface area (Å²) >= 11 is 0. The van der Waals surface area contributed by atoms with E-state index in [-0.39, 0.29) is 5.41 Å². The fourth-order valence-corrected chi connectivity index (χ4v) is 4.44. The number of benzene rings is 1. The summed E-state index contributed by atoms with van der Waals surface area (Å²) in [6.07, 6.45) is 3.93. The molecule has 1 aromatic rings. The van der Waals surface area contributed by atoms with Gasteiger partial charge in [-0.3, -0.25) is 0 Å². The second-order valence-electron chi connectivity index (χ2n) is 7.32. The van der Waals surface area contributed by atoms with E-state index in [0.717, 1.165) is 11.6 Å². The summed E-state index contributed by atoms with van der Waals surface area (Å²) < 4.78 is 0. The molecule has 2 fully saturated rings. The van der Waals surface area contributed by atoms with Crippen molar-refractivity contribution in [3.63, 3.8) is 0 Å². The van der Waals surface area contributed by atoms with Gasteiger partial charge in [0.2, 0.25) is 0 Å². The summed E-state index contributed by atoms with van der Waals surface area (Å²) in [7, 11) is 0. The molecule has 0 aromatic heterocycles. The van der Waals surface area contributed by atoms with Gasteiger partial charge in [-0.05, 0) is 48.1 Å². The maximum absolute atomic E-state index is 6.14. The molecule has 3 unspecified atom stereocenters. The minimum absolute atomic E-state index is 0.260. The highest BCUT2D eigenvalue weighted by molar-refractivity contribution is 5.92. The molecule has 0 heterocycles. The Morgan fingerprint density at radius 2 is 1.95 bits per heavy atom. The fraction of sp³-hybridized carbons (Fsp3) is 0.588. The summed E-state index contributed by atoms with van der Waals surface area (Å²) in [5.41, 5.74) is 7.73. The number of anilines is 1. The van der Waals surface area contributed by atoms with Crippen molar-refractivity contribution in [3.8, 4) is 0 Å². The molecule has 108 valence electrons. The summed E-state index contributed by atoms with van der Waals surface area (Å²) in [5.74, 6) is 1.34. The Hall–Kier alpha value is -1.51. The summed E-state index contributed by atoms with van der Waals surface area (Å²) in [5, 5.41) is 3.21. The number of rotatable bonds is 2. The molecule has 0 saturated heterocycles. The molecule has 3 heteroatoms. The van der Waals surface area contributed by atoms with Crippen molar-refractivity contribution in [1.82, 2.24) is 0 Å². The largest absolute Gasteiger partial charge is 0.370 e. The van der Waals surface area contributed by atoms with Crippen LogP contribution in [0.1, 0.15) is 40.0 Å². The molecule has 2 bridgehead atoms. The van der Waals surface area contributed by atoms with Crippen LogP contribution in [-0.4, -0.2) is 12.0 Å². The molecule has 0 aliphatic heterocycles. The standard InChI is InChI=1S/C17H25N3/c1-16(2)12-9-10-17(3,11-12)14(16)20-15(18)19-13-7-5-4-6-8-13/h4-8,12,14H,9-11H2,1-3H3,(H3,18,19,20). The van der Waals surface area contributed by atoms with Crippen molar-refractivity contribution in [2.24, 2.45) is 27.5 Å². The summed E-state index contributed by atoms with van der Waals surface area (Å²) in [4.78, 5) is 4.86. The monoisotopic (exact) mass is 271 g/mol. The van der Waals surface area contributed by atoms with Crippen LogP contribution < -0.4 is 11.1 Å². The van der Waals surface area contributed by atoms with Crippen LogP contribution in [0, 0.1) is 16.7 Å². The molecule has 0 radical (unpaired) electrons. The lowest BCUT2D eigenvalue weighted by atomic mass is 9.69. The Bertz CT molecular complexity index is 516. The minimum Gasteiger partial charge on any atom is -0.370 e. The van der Waals surface area contributed by atoms with Gasteiger partial charge in [0.15, 0.2) is 5.96 Å². The Balaban J connectivity index is 1.81. The number of guanidine groups is 1. The quantitative estimate of drug-likeness (QED) is 0.637. The predicted octanol–water partition coefficient (Wildman–Crippen LogP) is 3.63. The molecule has 2 saturated carbocycles. The Morgan fingerprint density at radius 1 is 1.25 bits per heavy atom. The second kappa shape index (κ2) is 4.51. The van der Waals surface area contributed by atoms with Crippen molar-refractivity contribution >= 4 is 11.6 Å². The number of nitrogens with two attached hydrogens (primary N) is 1. The normalized spacial score (nSPS) is 35.2. The number of hydrogen-bond donors (Lipinski definition) is 2. The van der Waals surface area contributed by atoms with Gasteiger partial charge in [-0.15, -0.1) is 0 Å². The summed E-state index contributed by atoms with van der Waals surface area (Å²) in [6.45, 7) is 7.09. The van der Waals surface area contributed by atoms with Crippen molar-refractivity contribution in [1.29, 1.82) is 0 Å². The fourth-order valence-electron chi connectivity index (χ4n) is 4.44. The number of aliphatic imine (C=N–C) groups is 1. The molecular weight excluding hydrogens is 246 g/mol. The molecule has 1 aromatic carbocycles. The second-order valence-corrected chi connectivity index (χ2v) is 7.32. The van der Waals surface area contributed by atoms with E-state index in [1.54, 1.807) is 0 Å². The van der Waals surface area contributed by atoms with Crippen LogP contribution in [0.4, 0.5) is 5.69 Å². The van der Waals surface area contributed by atoms with E-state index in [2.05, 4.69) is 26.1 Å². The first kappa shape index (κ1) is 13.5. The Labute approximate surface area is 121 Å². The van der Waals surface area contributed by atoms with Gasteiger partial charge >= 0.3 is 0 Å². The minimum atomic E-state index is 0.260. The molecule has 0 amide bonds. The number of nitrogens with zero attached hydrogens (tertiary/aromatic N) is 1. The van der Waals surface area contributed by atoms with E-state index in [1.165, 1.54) is 19.3 Å². The van der Waals surface area contributed by atoms with E-state index in [0.29, 0.717) is 17.4 Å². The summed E-state index contributed by atoms with van der Waals surface area (Å²) in [6, 6.07) is 10.3. The van der Waals surface area contributed by atoms with Gasteiger partial charge < -0.3 is 11.1 Å². The lowest BCUT2D eigenvalue weighted by Crippen LogP contribution is -2.41. The van der Waals surface area contributed by atoms with Crippen molar-refractivity contribution in [3.05, 3.63) is 30.3 Å². The van der Waals surface area contributed by atoms with Gasteiger partial charge in [-0.2, -0.15) is 0 Å². The van der Waals surface area contributed by atoms with Gasteiger partial charge in [-0.25, -0.2) is 4.99 Å². The Kier molecular flexibility index (Phi) is 3.03. The lowest BCUT2D eigenvalue weighted by Gasteiger charge is -2.40. The number of hydrogen-bond acceptors (Lipinski definition) is 1. The molecule has 3 N–H and O–H groups in total. The number of nitrogens with one attached hydrogen (secondary N) is 1. The highest BCUT2D eigenvalue weighted by Crippen LogP contribution is 2.63. The molecule has 3 atom stereocenters. The van der Waals surface area contributed by atoms with Crippen LogP contribution in [0.25, 0.3) is 0 Å². The highest BCUT2D eigenvalue weighted by atomic mass is 15.1. The SMILES string of the molecule is CC12CCC(C1)C(C)(C)C2N=C(N)Nc1ccccc1. The van der Waals surface area contributed by atoms with Crippen molar-refractivity contribution in [2.45, 2.75) is 46.1 Å². The molecular formula is C17H25N3. The van der Waals surface area contributed by atoms with Gasteiger partial charge in [0.25, 0.3) is 0 Å². The highest BCUT2D eigenvalue weighted by Gasteiger charge is 2.59. The lowest BCUT2D eigenvalue weighted by molar-refractivity contribution is 0.142. The molecule has 2 aliphatic rings. The molecule has 3 nitrogen and oxygen atoms in total. The molecule has 20 heavy (non-hydrogen) atoms. The van der Waals surface area contributed by atoms with Gasteiger partial charge in [0, 0.05) is 5.69 Å². The maximum atomic E-state index is 6.14. The van der Waals surface area contributed by atoms with E-state index in [4.69, 9.17) is 10.7 Å². The van der Waals surface area contributed by atoms with E-state index < -0.39 is 0 Å². The first-order valence-corrected chi connectivity index (χ1v) is 7.57. The van der Waals surface area contributed by atoms with Crippen LogP contribution >= 0.6 is 0 Å². The first-order chi connectivity index (χ1) is 9.42. The molecule has 3 rings (SSSR count). The van der Waals surface area contributed by atoms with Crippen LogP contribution in [0.2, 0.25) is 0 Å². The third-order valence-corrected chi connectivity index (χ3v) is 5.51. The third-order valence-electron chi connectivity index (χ3n) is 5.51. The zero-order valence-electron chi connectivity index (χ0n) is 12.7. The molecule has 0 spiro atoms. The van der Waals surface area contributed by atoms with Gasteiger partial charge in [0.05, 0.1) is 6.04 Å². The van der Waals surface area contributed by atoms with Crippen LogP contribution in [0.3, 0.4) is 0 Å². The average molecular weight is 271 g/mol. The van der Waals surface area contributed by atoms with Crippen LogP contribution in [0.5, 0.6) is 0 Å². The predicted molar refractivity (Wildman–Crippen MR) is 84.7 cm³/mol.